The predicted molar refractivity (Wildman–Crippen MR) is 83.2 cm³/mol. The first-order valence-electron chi connectivity index (χ1n) is 6.62. The van der Waals surface area contributed by atoms with Crippen molar-refractivity contribution in [2.24, 2.45) is 5.92 Å². The molecule has 0 aliphatic carbocycles. The zero-order valence-electron chi connectivity index (χ0n) is 11.5. The molecule has 5 heteroatoms. The molecule has 0 heterocycles. The van der Waals surface area contributed by atoms with Crippen molar-refractivity contribution in [1.29, 1.82) is 0 Å². The minimum atomic E-state index is -3.38. The zero-order chi connectivity index (χ0) is 14.3. The lowest BCUT2D eigenvalue weighted by molar-refractivity contribution is 0.459. The molecular weight excluding hydrogens is 326 g/mol. The van der Waals surface area contributed by atoms with Crippen LogP contribution in [0, 0.1) is 12.8 Å². The van der Waals surface area contributed by atoms with E-state index in [0.717, 1.165) is 30.2 Å². The maximum Gasteiger partial charge on any atom is 0.240 e. The van der Waals surface area contributed by atoms with E-state index in [4.69, 9.17) is 0 Å². The fourth-order valence-corrected chi connectivity index (χ4v) is 3.87. The fourth-order valence-electron chi connectivity index (χ4n) is 2.00. The van der Waals surface area contributed by atoms with Crippen LogP contribution in [0.4, 0.5) is 0 Å². The molecule has 1 aromatic rings. The van der Waals surface area contributed by atoms with E-state index in [2.05, 4.69) is 27.6 Å². The molecule has 0 saturated heterocycles. The summed E-state index contributed by atoms with van der Waals surface area (Å²) in [7, 11) is -3.38. The largest absolute Gasteiger partial charge is 0.240 e. The van der Waals surface area contributed by atoms with Gasteiger partial charge in [-0.25, -0.2) is 13.1 Å². The van der Waals surface area contributed by atoms with Gasteiger partial charge >= 0.3 is 0 Å². The summed E-state index contributed by atoms with van der Waals surface area (Å²) in [5.41, 5.74) is 0.952. The van der Waals surface area contributed by atoms with Crippen LogP contribution < -0.4 is 4.72 Å². The van der Waals surface area contributed by atoms with Crippen LogP contribution in [-0.2, 0) is 10.0 Å². The number of sulfonamides is 1. The number of rotatable bonds is 8. The highest BCUT2D eigenvalue weighted by Gasteiger charge is 2.16. The van der Waals surface area contributed by atoms with E-state index in [1.807, 2.05) is 13.0 Å². The Hall–Kier alpha value is -0.390. The van der Waals surface area contributed by atoms with Crippen LogP contribution in [0.15, 0.2) is 29.2 Å². The van der Waals surface area contributed by atoms with Gasteiger partial charge in [0.2, 0.25) is 10.0 Å². The molecule has 1 rings (SSSR count). The van der Waals surface area contributed by atoms with E-state index in [1.54, 1.807) is 18.2 Å². The number of alkyl halides is 1. The summed E-state index contributed by atoms with van der Waals surface area (Å²) in [5, 5.41) is 0.907. The van der Waals surface area contributed by atoms with Crippen molar-refractivity contribution in [3.63, 3.8) is 0 Å². The molecule has 1 atom stereocenters. The number of halogens is 1. The average Bonchev–Trinajstić information content (AvgIpc) is 2.37. The quantitative estimate of drug-likeness (QED) is 0.731. The lowest BCUT2D eigenvalue weighted by Gasteiger charge is -2.16. The monoisotopic (exact) mass is 347 g/mol. The van der Waals surface area contributed by atoms with Crippen LogP contribution in [0.25, 0.3) is 0 Å². The second-order valence-corrected chi connectivity index (χ2v) is 7.36. The Kier molecular flexibility index (Phi) is 7.04. The van der Waals surface area contributed by atoms with Crippen molar-refractivity contribution in [3.05, 3.63) is 29.8 Å². The minimum absolute atomic E-state index is 0.349. The summed E-state index contributed by atoms with van der Waals surface area (Å²) in [6.45, 7) is 4.52. The van der Waals surface area contributed by atoms with Gasteiger partial charge in [0.05, 0.1) is 4.90 Å². The standard InChI is InChI=1S/C14H22BrNO2S/c1-3-5-13(8-9-15)11-16-19(17,18)14-7-4-6-12(2)10-14/h4,6-7,10,13,16H,3,5,8-9,11H2,1-2H3. The highest BCUT2D eigenvalue weighted by atomic mass is 79.9. The van der Waals surface area contributed by atoms with Crippen LogP contribution in [0.3, 0.4) is 0 Å². The number of benzene rings is 1. The summed E-state index contributed by atoms with van der Waals surface area (Å²) < 4.78 is 27.1. The van der Waals surface area contributed by atoms with Crippen LogP contribution in [0.2, 0.25) is 0 Å². The lowest BCUT2D eigenvalue weighted by atomic mass is 10.0. The molecule has 1 N–H and O–H groups in total. The third kappa shape index (κ3) is 5.63. The maximum atomic E-state index is 12.2. The number of aryl methyl sites for hydroxylation is 1. The molecule has 1 aromatic carbocycles. The molecule has 0 bridgehead atoms. The SMILES string of the molecule is CCCC(CCBr)CNS(=O)(=O)c1cccc(C)c1. The highest BCUT2D eigenvalue weighted by Crippen LogP contribution is 2.15. The van der Waals surface area contributed by atoms with Crippen molar-refractivity contribution in [3.8, 4) is 0 Å². The molecule has 19 heavy (non-hydrogen) atoms. The first-order valence-corrected chi connectivity index (χ1v) is 9.22. The fraction of sp³-hybridized carbons (Fsp3) is 0.571. The zero-order valence-corrected chi connectivity index (χ0v) is 13.9. The van der Waals surface area contributed by atoms with Crippen molar-refractivity contribution in [2.75, 3.05) is 11.9 Å². The van der Waals surface area contributed by atoms with Crippen molar-refractivity contribution in [1.82, 2.24) is 4.72 Å². The van der Waals surface area contributed by atoms with Crippen molar-refractivity contribution < 1.29 is 8.42 Å². The minimum Gasteiger partial charge on any atom is -0.211 e. The Morgan fingerprint density at radius 3 is 2.63 bits per heavy atom. The van der Waals surface area contributed by atoms with Gasteiger partial charge in [-0.1, -0.05) is 41.4 Å². The van der Waals surface area contributed by atoms with Crippen LogP contribution in [-0.4, -0.2) is 20.3 Å². The summed E-state index contributed by atoms with van der Waals surface area (Å²) in [4.78, 5) is 0.349. The Balaban J connectivity index is 2.69. The predicted octanol–water partition coefficient (Wildman–Crippen LogP) is 3.47. The summed E-state index contributed by atoms with van der Waals surface area (Å²) >= 11 is 3.42. The van der Waals surface area contributed by atoms with Gasteiger partial charge in [0.25, 0.3) is 0 Å². The van der Waals surface area contributed by atoms with Gasteiger partial charge in [-0.15, -0.1) is 0 Å². The molecule has 0 aliphatic rings. The van der Waals surface area contributed by atoms with Crippen molar-refractivity contribution >= 4 is 26.0 Å². The Bertz CT molecular complexity index is 482. The van der Waals surface area contributed by atoms with Crippen LogP contribution in [0.5, 0.6) is 0 Å². The molecule has 0 amide bonds. The summed E-state index contributed by atoms with van der Waals surface area (Å²) in [6, 6.07) is 6.99. The Morgan fingerprint density at radius 2 is 2.05 bits per heavy atom. The Morgan fingerprint density at radius 1 is 1.32 bits per heavy atom. The van der Waals surface area contributed by atoms with Gasteiger partial charge in [-0.05, 0) is 43.4 Å². The molecular formula is C14H22BrNO2S. The normalized spacial score (nSPS) is 13.4. The number of hydrogen-bond donors (Lipinski definition) is 1. The highest BCUT2D eigenvalue weighted by molar-refractivity contribution is 9.09. The van der Waals surface area contributed by atoms with Gasteiger partial charge in [-0.2, -0.15) is 0 Å². The van der Waals surface area contributed by atoms with Crippen LogP contribution >= 0.6 is 15.9 Å². The molecule has 0 radical (unpaired) electrons. The lowest BCUT2D eigenvalue weighted by Crippen LogP contribution is -2.29. The molecule has 0 fully saturated rings. The second kappa shape index (κ2) is 8.02. The maximum absolute atomic E-state index is 12.2. The third-order valence-corrected chi connectivity index (χ3v) is 4.96. The van der Waals surface area contributed by atoms with E-state index in [0.29, 0.717) is 17.4 Å². The number of nitrogens with one attached hydrogen (secondary N) is 1. The van der Waals surface area contributed by atoms with Gasteiger partial charge in [-0.3, -0.25) is 0 Å². The van der Waals surface area contributed by atoms with E-state index in [1.165, 1.54) is 0 Å². The summed E-state index contributed by atoms with van der Waals surface area (Å²) in [6.07, 6.45) is 3.11. The molecule has 0 spiro atoms. The van der Waals surface area contributed by atoms with Gasteiger partial charge < -0.3 is 0 Å². The van der Waals surface area contributed by atoms with E-state index in [-0.39, 0.29) is 0 Å². The van der Waals surface area contributed by atoms with Crippen LogP contribution in [0.1, 0.15) is 31.7 Å². The summed E-state index contributed by atoms with van der Waals surface area (Å²) in [5.74, 6) is 0.393. The van der Waals surface area contributed by atoms with Gasteiger partial charge in [0, 0.05) is 11.9 Å². The molecule has 108 valence electrons. The molecule has 0 aromatic heterocycles. The Labute approximate surface area is 125 Å². The van der Waals surface area contributed by atoms with Gasteiger partial charge in [0.1, 0.15) is 0 Å². The molecule has 3 nitrogen and oxygen atoms in total. The topological polar surface area (TPSA) is 46.2 Å². The van der Waals surface area contributed by atoms with E-state index >= 15 is 0 Å². The van der Waals surface area contributed by atoms with E-state index < -0.39 is 10.0 Å². The van der Waals surface area contributed by atoms with E-state index in [9.17, 15) is 8.42 Å². The van der Waals surface area contributed by atoms with Crippen molar-refractivity contribution in [2.45, 2.75) is 38.0 Å². The smallest absolute Gasteiger partial charge is 0.211 e. The molecule has 1 unspecified atom stereocenters. The first-order chi connectivity index (χ1) is 8.99. The average molecular weight is 348 g/mol. The first kappa shape index (κ1) is 16.7. The number of hydrogen-bond acceptors (Lipinski definition) is 2. The molecule has 0 saturated carbocycles. The van der Waals surface area contributed by atoms with Gasteiger partial charge in [0.15, 0.2) is 0 Å². The molecule has 0 aliphatic heterocycles. The second-order valence-electron chi connectivity index (χ2n) is 4.80. The third-order valence-electron chi connectivity index (χ3n) is 3.08.